The topological polar surface area (TPSA) is 78.9 Å². The van der Waals surface area contributed by atoms with Crippen molar-refractivity contribution in [2.45, 2.75) is 26.8 Å². The molecule has 1 heterocycles. The van der Waals surface area contributed by atoms with E-state index in [9.17, 15) is 4.79 Å². The molecule has 102 valence electrons. The molecule has 0 saturated heterocycles. The lowest BCUT2D eigenvalue weighted by atomic mass is 10.1. The number of hydrogen-bond acceptors (Lipinski definition) is 4. The molecule has 0 unspecified atom stereocenters. The zero-order chi connectivity index (χ0) is 14.5. The van der Waals surface area contributed by atoms with Crippen LogP contribution in [0, 0.1) is 25.2 Å². The second-order valence-electron chi connectivity index (χ2n) is 4.56. The number of aromatic nitrogens is 1. The lowest BCUT2D eigenvalue weighted by Gasteiger charge is -2.05. The number of carbonyl (C=O) groups excluding carboxylic acids is 1. The van der Waals surface area contributed by atoms with E-state index in [1.807, 2.05) is 19.9 Å². The number of aryl methyl sites for hydroxylation is 2. The van der Waals surface area contributed by atoms with Crippen LogP contribution in [0.1, 0.15) is 28.1 Å². The molecular formula is C15H15N3O2. The largest absolute Gasteiger partial charge is 0.361 e. The van der Waals surface area contributed by atoms with Crippen molar-refractivity contribution in [1.29, 1.82) is 5.26 Å². The molecule has 0 aliphatic rings. The van der Waals surface area contributed by atoms with Gasteiger partial charge in [0.05, 0.1) is 23.7 Å². The zero-order valence-corrected chi connectivity index (χ0v) is 11.4. The van der Waals surface area contributed by atoms with Crippen molar-refractivity contribution in [3.63, 3.8) is 0 Å². The molecule has 0 aliphatic heterocycles. The molecule has 1 amide bonds. The monoisotopic (exact) mass is 269 g/mol. The number of carbonyl (C=O) groups is 1. The van der Waals surface area contributed by atoms with E-state index in [0.717, 1.165) is 22.6 Å². The molecule has 1 aromatic carbocycles. The van der Waals surface area contributed by atoms with Crippen molar-refractivity contribution in [2.75, 3.05) is 0 Å². The van der Waals surface area contributed by atoms with Gasteiger partial charge in [0, 0.05) is 12.1 Å². The normalized spacial score (nSPS) is 10.1. The molecule has 0 spiro atoms. The Hall–Kier alpha value is -2.61. The highest BCUT2D eigenvalue weighted by molar-refractivity contribution is 5.78. The van der Waals surface area contributed by atoms with Crippen LogP contribution in [0.2, 0.25) is 0 Å². The second-order valence-corrected chi connectivity index (χ2v) is 4.56. The van der Waals surface area contributed by atoms with Crippen LogP contribution >= 0.6 is 0 Å². The quantitative estimate of drug-likeness (QED) is 0.921. The van der Waals surface area contributed by atoms with Crippen LogP contribution in [0.4, 0.5) is 0 Å². The Balaban J connectivity index is 1.91. The summed E-state index contributed by atoms with van der Waals surface area (Å²) in [7, 11) is 0. The maximum atomic E-state index is 11.9. The van der Waals surface area contributed by atoms with Crippen LogP contribution < -0.4 is 5.32 Å². The Bertz CT molecular complexity index is 631. The average Bonchev–Trinajstić information content (AvgIpc) is 2.77. The molecule has 0 atom stereocenters. The van der Waals surface area contributed by atoms with Gasteiger partial charge in [0.25, 0.3) is 0 Å². The predicted molar refractivity (Wildman–Crippen MR) is 72.7 cm³/mol. The standard InChI is InChI=1S/C15H15N3O2/c1-10-14(11(2)20-18-10)9-17-15(19)7-12-3-5-13(8-16)6-4-12/h3-6H,7,9H2,1-2H3,(H,17,19). The lowest BCUT2D eigenvalue weighted by molar-refractivity contribution is -0.120. The van der Waals surface area contributed by atoms with E-state index in [1.165, 1.54) is 0 Å². The van der Waals surface area contributed by atoms with Crippen molar-refractivity contribution in [1.82, 2.24) is 10.5 Å². The summed E-state index contributed by atoms with van der Waals surface area (Å²) in [6, 6.07) is 9.03. The van der Waals surface area contributed by atoms with Crippen molar-refractivity contribution >= 4 is 5.91 Å². The SMILES string of the molecule is Cc1noc(C)c1CNC(=O)Cc1ccc(C#N)cc1. The highest BCUT2D eigenvalue weighted by Gasteiger charge is 2.10. The summed E-state index contributed by atoms with van der Waals surface area (Å²) in [5.41, 5.74) is 3.17. The molecule has 2 aromatic rings. The number of nitriles is 1. The van der Waals surface area contributed by atoms with E-state index in [1.54, 1.807) is 24.3 Å². The first kappa shape index (κ1) is 13.8. The third-order valence-electron chi connectivity index (χ3n) is 3.09. The highest BCUT2D eigenvalue weighted by Crippen LogP contribution is 2.11. The molecule has 0 radical (unpaired) electrons. The van der Waals surface area contributed by atoms with Gasteiger partial charge in [0.15, 0.2) is 0 Å². The van der Waals surface area contributed by atoms with Gasteiger partial charge in [-0.05, 0) is 31.5 Å². The number of nitrogens with zero attached hydrogens (tertiary/aromatic N) is 2. The number of hydrogen-bond donors (Lipinski definition) is 1. The molecule has 20 heavy (non-hydrogen) atoms. The maximum absolute atomic E-state index is 11.9. The Morgan fingerprint density at radius 2 is 2.05 bits per heavy atom. The molecule has 5 heteroatoms. The Morgan fingerprint density at radius 3 is 2.60 bits per heavy atom. The highest BCUT2D eigenvalue weighted by atomic mass is 16.5. The van der Waals surface area contributed by atoms with Crippen LogP contribution in [0.5, 0.6) is 0 Å². The third-order valence-corrected chi connectivity index (χ3v) is 3.09. The van der Waals surface area contributed by atoms with Crippen LogP contribution in [0.25, 0.3) is 0 Å². The first-order valence-electron chi connectivity index (χ1n) is 6.27. The van der Waals surface area contributed by atoms with Crippen molar-refractivity contribution in [3.05, 3.63) is 52.4 Å². The molecule has 0 aliphatic carbocycles. The van der Waals surface area contributed by atoms with Gasteiger partial charge >= 0.3 is 0 Å². The molecule has 1 aromatic heterocycles. The molecule has 0 bridgehead atoms. The van der Waals surface area contributed by atoms with E-state index in [4.69, 9.17) is 9.78 Å². The van der Waals surface area contributed by atoms with Gasteiger partial charge in [-0.25, -0.2) is 0 Å². The number of rotatable bonds is 4. The summed E-state index contributed by atoms with van der Waals surface area (Å²) < 4.78 is 5.04. The van der Waals surface area contributed by atoms with Gasteiger partial charge in [-0.15, -0.1) is 0 Å². The summed E-state index contributed by atoms with van der Waals surface area (Å²) in [6.45, 7) is 4.08. The van der Waals surface area contributed by atoms with Gasteiger partial charge < -0.3 is 9.84 Å². The number of benzene rings is 1. The van der Waals surface area contributed by atoms with Crippen molar-refractivity contribution in [3.8, 4) is 6.07 Å². The number of nitrogens with one attached hydrogen (secondary N) is 1. The third kappa shape index (κ3) is 3.23. The van der Waals surface area contributed by atoms with E-state index in [0.29, 0.717) is 12.1 Å². The van der Waals surface area contributed by atoms with Crippen molar-refractivity contribution < 1.29 is 9.32 Å². The van der Waals surface area contributed by atoms with E-state index >= 15 is 0 Å². The summed E-state index contributed by atoms with van der Waals surface area (Å²) in [5.74, 6) is 0.649. The van der Waals surface area contributed by atoms with Crippen LogP contribution in [-0.2, 0) is 17.8 Å². The van der Waals surface area contributed by atoms with E-state index in [2.05, 4.69) is 10.5 Å². The van der Waals surface area contributed by atoms with Gasteiger partial charge in [-0.1, -0.05) is 17.3 Å². The molecule has 0 saturated carbocycles. The van der Waals surface area contributed by atoms with Crippen LogP contribution in [-0.4, -0.2) is 11.1 Å². The van der Waals surface area contributed by atoms with Crippen LogP contribution in [0.15, 0.2) is 28.8 Å². The van der Waals surface area contributed by atoms with Gasteiger partial charge in [0.1, 0.15) is 5.76 Å². The second kappa shape index (κ2) is 6.02. The maximum Gasteiger partial charge on any atom is 0.224 e. The summed E-state index contributed by atoms with van der Waals surface area (Å²) >= 11 is 0. The van der Waals surface area contributed by atoms with E-state index < -0.39 is 0 Å². The fourth-order valence-electron chi connectivity index (χ4n) is 1.89. The Morgan fingerprint density at radius 1 is 1.35 bits per heavy atom. The molecule has 1 N–H and O–H groups in total. The Kier molecular flexibility index (Phi) is 4.16. The zero-order valence-electron chi connectivity index (χ0n) is 11.4. The lowest BCUT2D eigenvalue weighted by Crippen LogP contribution is -2.25. The molecule has 0 fully saturated rings. The van der Waals surface area contributed by atoms with Gasteiger partial charge in [0.2, 0.25) is 5.91 Å². The van der Waals surface area contributed by atoms with Gasteiger partial charge in [-0.3, -0.25) is 4.79 Å². The minimum atomic E-state index is -0.0743. The van der Waals surface area contributed by atoms with Crippen molar-refractivity contribution in [2.24, 2.45) is 0 Å². The predicted octanol–water partition coefficient (Wildman–Crippen LogP) is 2.02. The minimum Gasteiger partial charge on any atom is -0.361 e. The van der Waals surface area contributed by atoms with E-state index in [-0.39, 0.29) is 12.3 Å². The summed E-state index contributed by atoms with van der Waals surface area (Å²) in [5, 5.41) is 15.4. The fraction of sp³-hybridized carbons (Fsp3) is 0.267. The first-order chi connectivity index (χ1) is 9.60. The average molecular weight is 269 g/mol. The Labute approximate surface area is 117 Å². The summed E-state index contributed by atoms with van der Waals surface area (Å²) in [6.07, 6.45) is 0.287. The van der Waals surface area contributed by atoms with Crippen LogP contribution in [0.3, 0.4) is 0 Å². The van der Waals surface area contributed by atoms with Gasteiger partial charge in [-0.2, -0.15) is 5.26 Å². The molecular weight excluding hydrogens is 254 g/mol. The molecule has 2 rings (SSSR count). The smallest absolute Gasteiger partial charge is 0.224 e. The minimum absolute atomic E-state index is 0.0743. The molecule has 5 nitrogen and oxygen atoms in total. The summed E-state index contributed by atoms with van der Waals surface area (Å²) in [4.78, 5) is 11.9. The first-order valence-corrected chi connectivity index (χ1v) is 6.27. The fourth-order valence-corrected chi connectivity index (χ4v) is 1.89. The number of amides is 1.